The van der Waals surface area contributed by atoms with E-state index in [1.807, 2.05) is 0 Å². The van der Waals surface area contributed by atoms with E-state index in [0.717, 1.165) is 3.57 Å². The summed E-state index contributed by atoms with van der Waals surface area (Å²) in [6, 6.07) is 8.64. The molecule has 1 aromatic heterocycles. The number of carbonyl (C=O) groups is 1. The molecule has 2 rings (SSSR count). The quantitative estimate of drug-likeness (QED) is 0.616. The molecule has 0 amide bonds. The van der Waals surface area contributed by atoms with Gasteiger partial charge in [-0.15, -0.1) is 0 Å². The van der Waals surface area contributed by atoms with E-state index < -0.39 is 0 Å². The molecule has 0 saturated heterocycles. The van der Waals surface area contributed by atoms with Crippen LogP contribution in [0.5, 0.6) is 0 Å². The van der Waals surface area contributed by atoms with E-state index in [1.165, 1.54) is 0 Å². The standard InChI is InChI=1S/C12H7ClINO/c13-9-1-2-10(11(14)7-9)12(16)8-3-5-15-6-4-8/h1-7H. The van der Waals surface area contributed by atoms with Gasteiger partial charge in [0.15, 0.2) is 5.78 Å². The van der Waals surface area contributed by atoms with Crippen LogP contribution in [0.15, 0.2) is 42.7 Å². The monoisotopic (exact) mass is 343 g/mol. The van der Waals surface area contributed by atoms with Gasteiger partial charge in [-0.05, 0) is 52.9 Å². The van der Waals surface area contributed by atoms with Gasteiger partial charge in [0, 0.05) is 32.1 Å². The van der Waals surface area contributed by atoms with Gasteiger partial charge >= 0.3 is 0 Å². The predicted octanol–water partition coefficient (Wildman–Crippen LogP) is 3.57. The van der Waals surface area contributed by atoms with E-state index in [2.05, 4.69) is 27.6 Å². The summed E-state index contributed by atoms with van der Waals surface area (Å²) < 4.78 is 0.854. The number of aromatic nitrogens is 1. The van der Waals surface area contributed by atoms with Crippen molar-refractivity contribution < 1.29 is 4.79 Å². The fourth-order valence-corrected chi connectivity index (χ4v) is 2.45. The first-order valence-corrected chi connectivity index (χ1v) is 6.04. The van der Waals surface area contributed by atoms with Crippen molar-refractivity contribution in [1.82, 2.24) is 4.98 Å². The molecule has 0 atom stereocenters. The Balaban J connectivity index is 2.42. The van der Waals surface area contributed by atoms with Gasteiger partial charge in [0.05, 0.1) is 0 Å². The Morgan fingerprint density at radius 1 is 1.19 bits per heavy atom. The molecule has 80 valence electrons. The van der Waals surface area contributed by atoms with Crippen molar-refractivity contribution >= 4 is 40.0 Å². The molecule has 0 bridgehead atoms. The number of carbonyl (C=O) groups excluding carboxylic acids is 1. The number of nitrogens with zero attached hydrogens (tertiary/aromatic N) is 1. The SMILES string of the molecule is O=C(c1ccncc1)c1ccc(Cl)cc1I. The van der Waals surface area contributed by atoms with Crippen LogP contribution in [-0.2, 0) is 0 Å². The molecule has 0 N–H and O–H groups in total. The normalized spacial score (nSPS) is 10.1. The molecular weight excluding hydrogens is 336 g/mol. The van der Waals surface area contributed by atoms with Crippen LogP contribution in [-0.4, -0.2) is 10.8 Å². The van der Waals surface area contributed by atoms with E-state index >= 15 is 0 Å². The second-order valence-electron chi connectivity index (χ2n) is 3.19. The average Bonchev–Trinajstić information content (AvgIpc) is 2.29. The predicted molar refractivity (Wildman–Crippen MR) is 71.8 cm³/mol. The first-order chi connectivity index (χ1) is 7.68. The number of halogens is 2. The molecule has 0 aliphatic carbocycles. The summed E-state index contributed by atoms with van der Waals surface area (Å²) in [7, 11) is 0. The van der Waals surface area contributed by atoms with E-state index in [4.69, 9.17) is 11.6 Å². The topological polar surface area (TPSA) is 30.0 Å². The number of ketones is 1. The molecular formula is C12H7ClINO. The third kappa shape index (κ3) is 2.41. The van der Waals surface area contributed by atoms with Crippen molar-refractivity contribution in [3.8, 4) is 0 Å². The van der Waals surface area contributed by atoms with Crippen molar-refractivity contribution in [2.75, 3.05) is 0 Å². The molecule has 4 heteroatoms. The highest BCUT2D eigenvalue weighted by atomic mass is 127. The van der Waals surface area contributed by atoms with Gasteiger partial charge in [-0.25, -0.2) is 0 Å². The molecule has 0 fully saturated rings. The Kier molecular flexibility index (Phi) is 3.56. The van der Waals surface area contributed by atoms with E-state index in [-0.39, 0.29) is 5.78 Å². The van der Waals surface area contributed by atoms with Gasteiger partial charge < -0.3 is 0 Å². The zero-order valence-corrected chi connectivity index (χ0v) is 11.1. The van der Waals surface area contributed by atoms with E-state index in [0.29, 0.717) is 16.1 Å². The van der Waals surface area contributed by atoms with Crippen molar-refractivity contribution in [2.45, 2.75) is 0 Å². The number of hydrogen-bond donors (Lipinski definition) is 0. The van der Waals surface area contributed by atoms with Gasteiger partial charge in [-0.1, -0.05) is 11.6 Å². The second-order valence-corrected chi connectivity index (χ2v) is 4.79. The fraction of sp³-hybridized carbons (Fsp3) is 0. The Bertz CT molecular complexity index is 528. The third-order valence-corrected chi connectivity index (χ3v) is 3.25. The van der Waals surface area contributed by atoms with Crippen LogP contribution in [0.2, 0.25) is 5.02 Å². The van der Waals surface area contributed by atoms with Crippen molar-refractivity contribution in [1.29, 1.82) is 0 Å². The maximum absolute atomic E-state index is 12.1. The van der Waals surface area contributed by atoms with Gasteiger partial charge in [0.25, 0.3) is 0 Å². The maximum atomic E-state index is 12.1. The summed E-state index contributed by atoms with van der Waals surface area (Å²) in [5.74, 6) is -0.0107. The van der Waals surface area contributed by atoms with Crippen LogP contribution in [0.3, 0.4) is 0 Å². The lowest BCUT2D eigenvalue weighted by atomic mass is 10.1. The van der Waals surface area contributed by atoms with Gasteiger partial charge in [0.1, 0.15) is 0 Å². The molecule has 0 radical (unpaired) electrons. The number of benzene rings is 1. The van der Waals surface area contributed by atoms with Crippen LogP contribution >= 0.6 is 34.2 Å². The average molecular weight is 344 g/mol. The van der Waals surface area contributed by atoms with E-state index in [1.54, 1.807) is 42.7 Å². The second kappa shape index (κ2) is 4.93. The minimum absolute atomic E-state index is 0.0107. The molecule has 0 spiro atoms. The van der Waals surface area contributed by atoms with E-state index in [9.17, 15) is 4.79 Å². The summed E-state index contributed by atoms with van der Waals surface area (Å²) in [5, 5.41) is 0.635. The summed E-state index contributed by atoms with van der Waals surface area (Å²) in [4.78, 5) is 16.0. The van der Waals surface area contributed by atoms with Gasteiger partial charge in [-0.2, -0.15) is 0 Å². The van der Waals surface area contributed by atoms with Crippen LogP contribution in [0.4, 0.5) is 0 Å². The van der Waals surface area contributed by atoms with Crippen molar-refractivity contribution in [3.63, 3.8) is 0 Å². The molecule has 2 aromatic rings. The van der Waals surface area contributed by atoms with Crippen LogP contribution < -0.4 is 0 Å². The highest BCUT2D eigenvalue weighted by molar-refractivity contribution is 14.1. The largest absolute Gasteiger partial charge is 0.289 e. The lowest BCUT2D eigenvalue weighted by Crippen LogP contribution is -2.03. The van der Waals surface area contributed by atoms with Crippen LogP contribution in [0.1, 0.15) is 15.9 Å². The Morgan fingerprint density at radius 3 is 2.50 bits per heavy atom. The summed E-state index contributed by atoms with van der Waals surface area (Å²) >= 11 is 7.95. The zero-order valence-electron chi connectivity index (χ0n) is 8.15. The highest BCUT2D eigenvalue weighted by Crippen LogP contribution is 2.20. The number of rotatable bonds is 2. The first kappa shape index (κ1) is 11.5. The molecule has 0 saturated carbocycles. The smallest absolute Gasteiger partial charge is 0.194 e. The molecule has 2 nitrogen and oxygen atoms in total. The van der Waals surface area contributed by atoms with Gasteiger partial charge in [-0.3, -0.25) is 9.78 Å². The van der Waals surface area contributed by atoms with Crippen LogP contribution in [0, 0.1) is 3.57 Å². The fourth-order valence-electron chi connectivity index (χ4n) is 1.33. The summed E-state index contributed by atoms with van der Waals surface area (Å²) in [6.07, 6.45) is 3.21. The minimum Gasteiger partial charge on any atom is -0.289 e. The number of hydrogen-bond acceptors (Lipinski definition) is 2. The molecule has 0 aliphatic heterocycles. The summed E-state index contributed by atoms with van der Waals surface area (Å²) in [5.41, 5.74) is 1.30. The zero-order chi connectivity index (χ0) is 11.5. The molecule has 1 aromatic carbocycles. The molecule has 16 heavy (non-hydrogen) atoms. The molecule has 0 unspecified atom stereocenters. The minimum atomic E-state index is -0.0107. The third-order valence-electron chi connectivity index (χ3n) is 2.12. The van der Waals surface area contributed by atoms with Gasteiger partial charge in [0.2, 0.25) is 0 Å². The Hall–Kier alpha value is -0.940. The molecule has 1 heterocycles. The Morgan fingerprint density at radius 2 is 1.88 bits per heavy atom. The lowest BCUT2D eigenvalue weighted by molar-refractivity contribution is 0.103. The van der Waals surface area contributed by atoms with Crippen molar-refractivity contribution in [2.24, 2.45) is 0 Å². The maximum Gasteiger partial charge on any atom is 0.194 e. The Labute approximate surface area is 112 Å². The molecule has 0 aliphatic rings. The summed E-state index contributed by atoms with van der Waals surface area (Å²) in [6.45, 7) is 0. The first-order valence-electron chi connectivity index (χ1n) is 4.58. The van der Waals surface area contributed by atoms with Crippen molar-refractivity contribution in [3.05, 3.63) is 62.4 Å². The highest BCUT2D eigenvalue weighted by Gasteiger charge is 2.12. The number of pyridine rings is 1. The van der Waals surface area contributed by atoms with Crippen LogP contribution in [0.25, 0.3) is 0 Å². The lowest BCUT2D eigenvalue weighted by Gasteiger charge is -2.03.